The van der Waals surface area contributed by atoms with Crippen molar-refractivity contribution >= 4 is 0 Å². The standard InChI is InChI=1S/C31H17F11O/c1-2-3-4-15-7-24(36)29(25(37)8-15)31(41,42)43-18-13-22(34)28(23(35)14-18)17-11-20(32)19(21(33)12-17)6-5-16-9-26(38)30(40)27(39)10-16/h7-14H,2-4H2,1H3. The van der Waals surface area contributed by atoms with E-state index in [1.807, 2.05) is 18.8 Å². The average molecular weight is 614 g/mol. The summed E-state index contributed by atoms with van der Waals surface area (Å²) in [6, 6.07) is 3.67. The van der Waals surface area contributed by atoms with Crippen molar-refractivity contribution < 1.29 is 53.0 Å². The van der Waals surface area contributed by atoms with E-state index in [1.54, 1.807) is 0 Å². The first-order valence-electron chi connectivity index (χ1n) is 12.4. The number of rotatable bonds is 7. The maximum Gasteiger partial charge on any atom is 0.432 e. The van der Waals surface area contributed by atoms with Gasteiger partial charge in [-0.2, -0.15) is 8.78 Å². The van der Waals surface area contributed by atoms with Crippen molar-refractivity contribution in [2.24, 2.45) is 0 Å². The lowest BCUT2D eigenvalue weighted by molar-refractivity contribution is -0.189. The number of halogens is 11. The first kappa shape index (κ1) is 31.4. The van der Waals surface area contributed by atoms with Gasteiger partial charge in [0.1, 0.15) is 46.2 Å². The molecule has 0 N–H and O–H groups in total. The number of hydrogen-bond donors (Lipinski definition) is 0. The van der Waals surface area contributed by atoms with Crippen LogP contribution in [0.5, 0.6) is 5.75 Å². The number of alkyl halides is 2. The van der Waals surface area contributed by atoms with Crippen molar-refractivity contribution in [3.63, 3.8) is 0 Å². The highest BCUT2D eigenvalue weighted by atomic mass is 19.3. The Bertz CT molecular complexity index is 1680. The largest absolute Gasteiger partial charge is 0.432 e. The Morgan fingerprint density at radius 3 is 1.67 bits per heavy atom. The van der Waals surface area contributed by atoms with Crippen LogP contribution in [0, 0.1) is 64.2 Å². The predicted octanol–water partition coefficient (Wildman–Crippen LogP) is 9.48. The van der Waals surface area contributed by atoms with Gasteiger partial charge in [0.05, 0.1) is 11.1 Å². The summed E-state index contributed by atoms with van der Waals surface area (Å²) in [7, 11) is 0. The topological polar surface area (TPSA) is 9.23 Å². The molecule has 0 fully saturated rings. The van der Waals surface area contributed by atoms with Gasteiger partial charge in [0.15, 0.2) is 17.5 Å². The number of ether oxygens (including phenoxy) is 1. The highest BCUT2D eigenvalue weighted by molar-refractivity contribution is 5.67. The number of hydrogen-bond acceptors (Lipinski definition) is 1. The first-order chi connectivity index (χ1) is 20.2. The van der Waals surface area contributed by atoms with Crippen molar-refractivity contribution in [1.82, 2.24) is 0 Å². The fourth-order valence-corrected chi connectivity index (χ4v) is 4.11. The minimum Gasteiger partial charge on any atom is -0.429 e. The smallest absolute Gasteiger partial charge is 0.429 e. The van der Waals surface area contributed by atoms with Gasteiger partial charge in [0.25, 0.3) is 0 Å². The van der Waals surface area contributed by atoms with Crippen LogP contribution < -0.4 is 4.74 Å². The van der Waals surface area contributed by atoms with E-state index in [2.05, 4.69) is 4.74 Å². The molecule has 0 saturated carbocycles. The normalized spacial score (nSPS) is 11.3. The van der Waals surface area contributed by atoms with Crippen LogP contribution in [0.2, 0.25) is 0 Å². The Labute approximate surface area is 237 Å². The van der Waals surface area contributed by atoms with Crippen LogP contribution in [0.25, 0.3) is 11.1 Å². The monoisotopic (exact) mass is 614 g/mol. The van der Waals surface area contributed by atoms with E-state index in [-0.39, 0.29) is 24.1 Å². The molecule has 0 atom stereocenters. The van der Waals surface area contributed by atoms with Crippen molar-refractivity contribution in [3.8, 4) is 28.7 Å². The molecule has 0 aliphatic heterocycles. The zero-order chi connectivity index (χ0) is 31.6. The molecule has 0 aromatic heterocycles. The quantitative estimate of drug-likeness (QED) is 0.115. The molecule has 4 aromatic rings. The van der Waals surface area contributed by atoms with E-state index < -0.39 is 92.0 Å². The van der Waals surface area contributed by atoms with E-state index in [1.165, 1.54) is 0 Å². The van der Waals surface area contributed by atoms with Gasteiger partial charge in [0.2, 0.25) is 0 Å². The van der Waals surface area contributed by atoms with Crippen LogP contribution in [-0.4, -0.2) is 0 Å². The molecular weight excluding hydrogens is 597 g/mol. The maximum absolute atomic E-state index is 14.9. The summed E-state index contributed by atoms with van der Waals surface area (Å²) in [5.74, 6) is -11.7. The van der Waals surface area contributed by atoms with Crippen LogP contribution in [0.1, 0.15) is 42.0 Å². The number of benzene rings is 4. The molecule has 0 aliphatic rings. The lowest BCUT2D eigenvalue weighted by atomic mass is 10.0. The molecule has 43 heavy (non-hydrogen) atoms. The molecule has 0 bridgehead atoms. The lowest BCUT2D eigenvalue weighted by Gasteiger charge is -2.20. The number of aryl methyl sites for hydroxylation is 1. The highest BCUT2D eigenvalue weighted by Crippen LogP contribution is 2.38. The lowest BCUT2D eigenvalue weighted by Crippen LogP contribution is -2.25. The van der Waals surface area contributed by atoms with Gasteiger partial charge in [-0.1, -0.05) is 25.2 Å². The first-order valence-corrected chi connectivity index (χ1v) is 12.4. The van der Waals surface area contributed by atoms with E-state index >= 15 is 0 Å². The Kier molecular flexibility index (Phi) is 9.04. The minimum absolute atomic E-state index is 0.118. The second kappa shape index (κ2) is 12.4. The van der Waals surface area contributed by atoms with Crippen molar-refractivity contribution in [3.05, 3.63) is 123 Å². The molecule has 0 aliphatic carbocycles. The summed E-state index contributed by atoms with van der Waals surface area (Å²) in [4.78, 5) is 0. The third-order valence-corrected chi connectivity index (χ3v) is 6.12. The van der Waals surface area contributed by atoms with Crippen LogP contribution in [0.3, 0.4) is 0 Å². The Morgan fingerprint density at radius 1 is 0.628 bits per heavy atom. The van der Waals surface area contributed by atoms with E-state index in [0.717, 1.165) is 0 Å². The SMILES string of the molecule is CCCCc1cc(F)c(C(F)(F)Oc2cc(F)c(-c3cc(F)c(C#Cc4cc(F)c(F)c(F)c4)c(F)c3)c(F)c2)c(F)c1. The molecule has 0 amide bonds. The summed E-state index contributed by atoms with van der Waals surface area (Å²) < 4.78 is 161. The van der Waals surface area contributed by atoms with E-state index in [0.29, 0.717) is 49.2 Å². The Balaban J connectivity index is 1.63. The molecule has 0 spiro atoms. The number of unbranched alkanes of at least 4 members (excludes halogenated alkanes) is 1. The van der Waals surface area contributed by atoms with Crippen molar-refractivity contribution in [2.45, 2.75) is 32.3 Å². The summed E-state index contributed by atoms with van der Waals surface area (Å²) in [5, 5.41) is 0. The van der Waals surface area contributed by atoms with Crippen LogP contribution in [0.4, 0.5) is 48.3 Å². The molecule has 4 rings (SSSR count). The summed E-state index contributed by atoms with van der Waals surface area (Å²) >= 11 is 0. The zero-order valence-electron chi connectivity index (χ0n) is 21.8. The molecule has 4 aromatic carbocycles. The summed E-state index contributed by atoms with van der Waals surface area (Å²) in [6.45, 7) is 1.82. The molecule has 0 radical (unpaired) electrons. The fourth-order valence-electron chi connectivity index (χ4n) is 4.11. The molecular formula is C31H17F11O. The highest BCUT2D eigenvalue weighted by Gasteiger charge is 2.41. The van der Waals surface area contributed by atoms with Gasteiger partial charge in [-0.3, -0.25) is 0 Å². The fraction of sp³-hybridized carbons (Fsp3) is 0.161. The molecule has 224 valence electrons. The zero-order valence-corrected chi connectivity index (χ0v) is 21.8. The molecule has 0 saturated heterocycles. The van der Waals surface area contributed by atoms with E-state index in [9.17, 15) is 48.3 Å². The van der Waals surface area contributed by atoms with Gasteiger partial charge in [-0.25, -0.2) is 39.5 Å². The summed E-state index contributed by atoms with van der Waals surface area (Å²) in [6.07, 6.45) is -3.28. The van der Waals surface area contributed by atoms with E-state index in [4.69, 9.17) is 0 Å². The minimum atomic E-state index is -4.72. The van der Waals surface area contributed by atoms with Crippen LogP contribution in [0.15, 0.2) is 48.5 Å². The Morgan fingerprint density at radius 2 is 1.16 bits per heavy atom. The van der Waals surface area contributed by atoms with Crippen molar-refractivity contribution in [1.29, 1.82) is 0 Å². The second-order valence-corrected chi connectivity index (χ2v) is 9.24. The van der Waals surface area contributed by atoms with Gasteiger partial charge < -0.3 is 4.74 Å². The molecule has 1 nitrogen and oxygen atoms in total. The maximum atomic E-state index is 14.9. The third-order valence-electron chi connectivity index (χ3n) is 6.12. The summed E-state index contributed by atoms with van der Waals surface area (Å²) in [5.41, 5.74) is -4.94. The van der Waals surface area contributed by atoms with Gasteiger partial charge in [-0.05, 0) is 60.4 Å². The molecule has 0 unspecified atom stereocenters. The molecule has 12 heteroatoms. The van der Waals surface area contributed by atoms with Crippen LogP contribution >= 0.6 is 0 Å². The van der Waals surface area contributed by atoms with Gasteiger partial charge in [0, 0.05) is 17.7 Å². The predicted molar refractivity (Wildman–Crippen MR) is 133 cm³/mol. The van der Waals surface area contributed by atoms with Gasteiger partial charge in [-0.15, -0.1) is 0 Å². The third kappa shape index (κ3) is 6.77. The molecule has 0 heterocycles. The van der Waals surface area contributed by atoms with Gasteiger partial charge >= 0.3 is 6.11 Å². The second-order valence-electron chi connectivity index (χ2n) is 9.24. The Hall–Kier alpha value is -4.53. The average Bonchev–Trinajstić information content (AvgIpc) is 2.88. The van der Waals surface area contributed by atoms with Crippen molar-refractivity contribution in [2.75, 3.05) is 0 Å². The van der Waals surface area contributed by atoms with Crippen LogP contribution in [-0.2, 0) is 12.5 Å².